The minimum absolute atomic E-state index is 0.468. The highest BCUT2D eigenvalue weighted by atomic mass is 15.2. The Labute approximate surface area is 120 Å². The van der Waals surface area contributed by atoms with Crippen molar-refractivity contribution < 1.29 is 0 Å². The van der Waals surface area contributed by atoms with Gasteiger partial charge in [-0.1, -0.05) is 6.42 Å². The third-order valence-corrected chi connectivity index (χ3v) is 4.43. The molecule has 3 heteroatoms. The SMILES string of the molecule is CC(C)N1CCC(N)CC1.CC(C)N1CCCCC1. The Hall–Kier alpha value is -0.120. The van der Waals surface area contributed by atoms with Gasteiger partial charge in [0.25, 0.3) is 0 Å². The highest BCUT2D eigenvalue weighted by Gasteiger charge is 2.17. The number of hydrogen-bond donors (Lipinski definition) is 1. The lowest BCUT2D eigenvalue weighted by molar-refractivity contribution is 0.173. The van der Waals surface area contributed by atoms with Crippen LogP contribution in [0.25, 0.3) is 0 Å². The Bertz CT molecular complexity index is 214. The van der Waals surface area contributed by atoms with Crippen LogP contribution in [0.4, 0.5) is 0 Å². The molecular formula is C16H35N3. The van der Waals surface area contributed by atoms with Crippen LogP contribution >= 0.6 is 0 Å². The lowest BCUT2D eigenvalue weighted by Gasteiger charge is -2.32. The predicted octanol–water partition coefficient (Wildman–Crippen LogP) is 2.70. The van der Waals surface area contributed by atoms with E-state index in [4.69, 9.17) is 5.73 Å². The summed E-state index contributed by atoms with van der Waals surface area (Å²) in [7, 11) is 0. The van der Waals surface area contributed by atoms with Gasteiger partial charge in [0, 0.05) is 18.1 Å². The van der Waals surface area contributed by atoms with Gasteiger partial charge in [-0.3, -0.25) is 0 Å². The minimum Gasteiger partial charge on any atom is -0.328 e. The van der Waals surface area contributed by atoms with Gasteiger partial charge in [0.2, 0.25) is 0 Å². The van der Waals surface area contributed by atoms with Crippen LogP contribution < -0.4 is 5.73 Å². The second-order valence-electron chi connectivity index (χ2n) is 6.66. The summed E-state index contributed by atoms with van der Waals surface area (Å²) in [6.07, 6.45) is 6.63. The molecule has 0 atom stereocenters. The zero-order chi connectivity index (χ0) is 14.3. The molecule has 2 N–H and O–H groups in total. The van der Waals surface area contributed by atoms with E-state index in [-0.39, 0.29) is 0 Å². The zero-order valence-corrected chi connectivity index (χ0v) is 13.6. The van der Waals surface area contributed by atoms with E-state index >= 15 is 0 Å². The summed E-state index contributed by atoms with van der Waals surface area (Å²) < 4.78 is 0. The largest absolute Gasteiger partial charge is 0.328 e. The van der Waals surface area contributed by atoms with Gasteiger partial charge < -0.3 is 15.5 Å². The fraction of sp³-hybridized carbons (Fsp3) is 1.00. The van der Waals surface area contributed by atoms with E-state index in [1.807, 2.05) is 0 Å². The second kappa shape index (κ2) is 8.93. The van der Waals surface area contributed by atoms with E-state index in [9.17, 15) is 0 Å². The molecule has 0 saturated carbocycles. The Balaban J connectivity index is 0.000000191. The number of rotatable bonds is 2. The van der Waals surface area contributed by atoms with Crippen molar-refractivity contribution in [2.24, 2.45) is 5.73 Å². The highest BCUT2D eigenvalue weighted by Crippen LogP contribution is 2.11. The third-order valence-electron chi connectivity index (χ3n) is 4.43. The van der Waals surface area contributed by atoms with E-state index in [2.05, 4.69) is 37.5 Å². The Kier molecular flexibility index (Phi) is 7.96. The molecule has 0 aromatic rings. The first-order chi connectivity index (χ1) is 9.00. The maximum atomic E-state index is 5.77. The van der Waals surface area contributed by atoms with Crippen LogP contribution in [-0.4, -0.2) is 54.1 Å². The van der Waals surface area contributed by atoms with Crippen LogP contribution in [0.1, 0.15) is 59.8 Å². The Morgan fingerprint density at radius 2 is 1.16 bits per heavy atom. The summed E-state index contributed by atoms with van der Waals surface area (Å²) >= 11 is 0. The van der Waals surface area contributed by atoms with Gasteiger partial charge >= 0.3 is 0 Å². The van der Waals surface area contributed by atoms with Crippen LogP contribution in [0.3, 0.4) is 0 Å². The summed E-state index contributed by atoms with van der Waals surface area (Å²) in [6.45, 7) is 14.1. The first kappa shape index (κ1) is 16.9. The van der Waals surface area contributed by atoms with Crippen molar-refractivity contribution in [3.63, 3.8) is 0 Å². The molecule has 19 heavy (non-hydrogen) atoms. The molecule has 2 heterocycles. The summed E-state index contributed by atoms with van der Waals surface area (Å²) in [5.41, 5.74) is 5.77. The maximum absolute atomic E-state index is 5.77. The monoisotopic (exact) mass is 269 g/mol. The normalized spacial score (nSPS) is 23.5. The van der Waals surface area contributed by atoms with Gasteiger partial charge in [0.1, 0.15) is 0 Å². The number of likely N-dealkylation sites (tertiary alicyclic amines) is 2. The smallest absolute Gasteiger partial charge is 0.00631 e. The molecule has 0 aromatic heterocycles. The summed E-state index contributed by atoms with van der Waals surface area (Å²) in [5, 5.41) is 0. The summed E-state index contributed by atoms with van der Waals surface area (Å²) in [6, 6.07) is 1.94. The quantitative estimate of drug-likeness (QED) is 0.836. The average molecular weight is 269 g/mol. The van der Waals surface area contributed by atoms with Crippen LogP contribution in [-0.2, 0) is 0 Å². The van der Waals surface area contributed by atoms with E-state index in [0.717, 1.165) is 6.04 Å². The van der Waals surface area contributed by atoms with E-state index in [1.54, 1.807) is 0 Å². The number of nitrogens with two attached hydrogens (primary N) is 1. The van der Waals surface area contributed by atoms with Crippen LogP contribution in [0.5, 0.6) is 0 Å². The first-order valence-corrected chi connectivity index (χ1v) is 8.24. The zero-order valence-electron chi connectivity index (χ0n) is 13.6. The topological polar surface area (TPSA) is 32.5 Å². The Morgan fingerprint density at radius 1 is 0.737 bits per heavy atom. The lowest BCUT2D eigenvalue weighted by atomic mass is 10.1. The molecule has 0 unspecified atom stereocenters. The molecule has 0 amide bonds. The van der Waals surface area contributed by atoms with Gasteiger partial charge in [-0.05, 0) is 79.6 Å². The standard InChI is InChI=1S/C8H18N2.C8H17N/c1-7(2)10-5-3-8(9)4-6-10;1-8(2)9-6-4-3-5-7-9/h7-8H,3-6,9H2,1-2H3;8H,3-7H2,1-2H3. The van der Waals surface area contributed by atoms with E-state index < -0.39 is 0 Å². The van der Waals surface area contributed by atoms with Crippen molar-refractivity contribution in [2.45, 2.75) is 77.9 Å². The second-order valence-corrected chi connectivity index (χ2v) is 6.66. The van der Waals surface area contributed by atoms with Gasteiger partial charge in [-0.25, -0.2) is 0 Å². The fourth-order valence-electron chi connectivity index (χ4n) is 2.87. The molecule has 2 aliphatic heterocycles. The highest BCUT2D eigenvalue weighted by molar-refractivity contribution is 4.75. The molecule has 2 fully saturated rings. The van der Waals surface area contributed by atoms with Gasteiger partial charge in [0.05, 0.1) is 0 Å². The molecule has 0 bridgehead atoms. The van der Waals surface area contributed by atoms with Gasteiger partial charge in [-0.15, -0.1) is 0 Å². The Morgan fingerprint density at radius 3 is 1.53 bits per heavy atom. The lowest BCUT2D eigenvalue weighted by Crippen LogP contribution is -2.42. The van der Waals surface area contributed by atoms with E-state index in [0.29, 0.717) is 12.1 Å². The minimum atomic E-state index is 0.468. The number of hydrogen-bond acceptors (Lipinski definition) is 3. The van der Waals surface area contributed by atoms with Crippen molar-refractivity contribution >= 4 is 0 Å². The summed E-state index contributed by atoms with van der Waals surface area (Å²) in [4.78, 5) is 5.05. The molecule has 2 saturated heterocycles. The molecule has 3 nitrogen and oxygen atoms in total. The molecule has 0 radical (unpaired) electrons. The fourth-order valence-corrected chi connectivity index (χ4v) is 2.87. The van der Waals surface area contributed by atoms with Crippen molar-refractivity contribution in [3.8, 4) is 0 Å². The third kappa shape index (κ3) is 6.73. The summed E-state index contributed by atoms with van der Waals surface area (Å²) in [5.74, 6) is 0. The average Bonchev–Trinajstić information content (AvgIpc) is 2.41. The molecule has 2 rings (SSSR count). The van der Waals surface area contributed by atoms with Crippen LogP contribution in [0.15, 0.2) is 0 Å². The van der Waals surface area contributed by atoms with Crippen molar-refractivity contribution in [3.05, 3.63) is 0 Å². The molecular weight excluding hydrogens is 234 g/mol. The predicted molar refractivity (Wildman–Crippen MR) is 84.5 cm³/mol. The van der Waals surface area contributed by atoms with Crippen molar-refractivity contribution in [2.75, 3.05) is 26.2 Å². The molecule has 114 valence electrons. The van der Waals surface area contributed by atoms with Crippen LogP contribution in [0, 0.1) is 0 Å². The molecule has 2 aliphatic rings. The van der Waals surface area contributed by atoms with E-state index in [1.165, 1.54) is 58.3 Å². The van der Waals surface area contributed by atoms with Crippen LogP contribution in [0.2, 0.25) is 0 Å². The number of piperidine rings is 2. The van der Waals surface area contributed by atoms with Gasteiger partial charge in [0.15, 0.2) is 0 Å². The molecule has 0 aromatic carbocycles. The van der Waals surface area contributed by atoms with Crippen molar-refractivity contribution in [1.82, 2.24) is 9.80 Å². The van der Waals surface area contributed by atoms with Gasteiger partial charge in [-0.2, -0.15) is 0 Å². The van der Waals surface area contributed by atoms with Crippen molar-refractivity contribution in [1.29, 1.82) is 0 Å². The molecule has 0 spiro atoms. The first-order valence-electron chi connectivity index (χ1n) is 8.24. The molecule has 0 aliphatic carbocycles. The number of nitrogens with zero attached hydrogens (tertiary/aromatic N) is 2. The maximum Gasteiger partial charge on any atom is 0.00631 e.